The van der Waals surface area contributed by atoms with Gasteiger partial charge in [-0.2, -0.15) is 4.98 Å². The zero-order valence-electron chi connectivity index (χ0n) is 10.6. The third kappa shape index (κ3) is 8.69. The van der Waals surface area contributed by atoms with Gasteiger partial charge in [-0.15, -0.1) is 0 Å². The minimum Gasteiger partial charge on any atom is -0.481 e. The van der Waals surface area contributed by atoms with Gasteiger partial charge in [0.1, 0.15) is 0 Å². The first-order valence-electron chi connectivity index (χ1n) is 5.27. The molecule has 0 bridgehead atoms. The maximum Gasteiger partial charge on any atom is 0.303 e. The van der Waals surface area contributed by atoms with Crippen molar-refractivity contribution in [2.45, 2.75) is 33.6 Å². The normalized spacial score (nSPS) is 10.5. The van der Waals surface area contributed by atoms with Crippen LogP contribution in [0, 0.1) is 11.2 Å². The van der Waals surface area contributed by atoms with Crippen LogP contribution in [0.1, 0.15) is 33.6 Å². The maximum atomic E-state index is 12.2. The number of nitrogen functional groups attached to an aromatic ring is 1. The first-order valence-corrected chi connectivity index (χ1v) is 5.65. The molecule has 1 aromatic rings. The second kappa shape index (κ2) is 7.10. The van der Waals surface area contributed by atoms with E-state index in [1.165, 1.54) is 0 Å². The average Bonchev–Trinajstić information content (AvgIpc) is 2.21. The van der Waals surface area contributed by atoms with E-state index in [0.717, 1.165) is 12.6 Å². The third-order valence-electron chi connectivity index (χ3n) is 1.81. The van der Waals surface area contributed by atoms with Gasteiger partial charge < -0.3 is 10.8 Å². The van der Waals surface area contributed by atoms with E-state index in [1.54, 1.807) is 0 Å². The van der Waals surface area contributed by atoms with Crippen LogP contribution in [0.25, 0.3) is 0 Å². The Morgan fingerprint density at radius 3 is 2.39 bits per heavy atom. The van der Waals surface area contributed by atoms with Crippen LogP contribution in [0.2, 0.25) is 5.15 Å². The summed E-state index contributed by atoms with van der Waals surface area (Å²) in [5.74, 6) is -1.39. The van der Waals surface area contributed by atoms with Gasteiger partial charge in [0.05, 0.1) is 6.20 Å². The number of hydrogen-bond acceptors (Lipinski definition) is 4. The minimum atomic E-state index is -0.704. The number of aliphatic carboxylic acids is 1. The molecule has 0 atom stereocenters. The number of aromatic nitrogens is 2. The molecule has 0 aromatic carbocycles. The number of carboxylic acids is 1. The molecule has 0 saturated heterocycles. The number of nitrogens with zero attached hydrogens (tertiary/aromatic N) is 2. The van der Waals surface area contributed by atoms with Crippen molar-refractivity contribution in [3.63, 3.8) is 0 Å². The summed E-state index contributed by atoms with van der Waals surface area (Å²) in [6.07, 6.45) is 1.95. The molecule has 1 heterocycles. The molecular formula is C11H17ClFN3O2. The van der Waals surface area contributed by atoms with E-state index < -0.39 is 11.8 Å². The molecule has 0 aliphatic carbocycles. The fourth-order valence-electron chi connectivity index (χ4n) is 0.841. The van der Waals surface area contributed by atoms with Gasteiger partial charge in [0.25, 0.3) is 0 Å². The Hall–Kier alpha value is -1.43. The van der Waals surface area contributed by atoms with E-state index in [4.69, 9.17) is 22.4 Å². The Kier molecular flexibility index (Phi) is 6.54. The number of hydrogen-bond donors (Lipinski definition) is 2. The van der Waals surface area contributed by atoms with Crippen LogP contribution in [-0.2, 0) is 4.79 Å². The third-order valence-corrected chi connectivity index (χ3v) is 2.07. The molecule has 0 saturated carbocycles. The summed E-state index contributed by atoms with van der Waals surface area (Å²) >= 11 is 5.21. The predicted octanol–water partition coefficient (Wildman–Crippen LogP) is 2.75. The summed E-state index contributed by atoms with van der Waals surface area (Å²) in [7, 11) is 0. The molecule has 3 N–H and O–H groups in total. The van der Waals surface area contributed by atoms with Crippen molar-refractivity contribution in [3.8, 4) is 0 Å². The number of anilines is 1. The summed E-state index contributed by atoms with van der Waals surface area (Å²) in [5.41, 5.74) is 5.21. The molecule has 102 valence electrons. The highest BCUT2D eigenvalue weighted by molar-refractivity contribution is 6.29. The summed E-state index contributed by atoms with van der Waals surface area (Å²) in [6, 6.07) is 0. The summed E-state index contributed by atoms with van der Waals surface area (Å²) in [6.45, 7) is 6.11. The molecule has 7 heteroatoms. The fourth-order valence-corrected chi connectivity index (χ4v) is 0.976. The van der Waals surface area contributed by atoms with Crippen molar-refractivity contribution in [1.29, 1.82) is 0 Å². The number of halogens is 2. The largest absolute Gasteiger partial charge is 0.481 e. The lowest BCUT2D eigenvalue weighted by molar-refractivity contribution is -0.137. The lowest BCUT2D eigenvalue weighted by Crippen LogP contribution is -2.07. The molecule has 0 fully saturated rings. The van der Waals surface area contributed by atoms with Gasteiger partial charge in [0.2, 0.25) is 5.95 Å². The standard InChI is InChI=1S/C7H14O2.C4H3ClFN3/c1-7(2,3)5-4-6(8)9;5-3-2(6)1-8-4(7)9-3/h4-5H2,1-3H3,(H,8,9);1H,(H2,7,8,9). The zero-order valence-corrected chi connectivity index (χ0v) is 11.3. The monoisotopic (exact) mass is 277 g/mol. The summed E-state index contributed by atoms with van der Waals surface area (Å²) in [5, 5.41) is 8.03. The number of carboxylic acid groups (broad SMARTS) is 1. The average molecular weight is 278 g/mol. The highest BCUT2D eigenvalue weighted by atomic mass is 35.5. The molecule has 0 radical (unpaired) electrons. The Morgan fingerprint density at radius 1 is 1.56 bits per heavy atom. The molecule has 0 aliphatic heterocycles. The van der Waals surface area contributed by atoms with E-state index in [-0.39, 0.29) is 22.9 Å². The lowest BCUT2D eigenvalue weighted by Gasteiger charge is -2.15. The van der Waals surface area contributed by atoms with Crippen molar-refractivity contribution in [2.75, 3.05) is 5.73 Å². The number of carbonyl (C=O) groups is 1. The molecular weight excluding hydrogens is 261 g/mol. The molecule has 18 heavy (non-hydrogen) atoms. The predicted molar refractivity (Wildman–Crippen MR) is 67.7 cm³/mol. The molecule has 0 amide bonds. The van der Waals surface area contributed by atoms with Crippen LogP contribution >= 0.6 is 11.6 Å². The first kappa shape index (κ1) is 16.6. The van der Waals surface area contributed by atoms with Gasteiger partial charge in [0, 0.05) is 6.42 Å². The van der Waals surface area contributed by atoms with Gasteiger partial charge in [-0.1, -0.05) is 32.4 Å². The fraction of sp³-hybridized carbons (Fsp3) is 0.545. The Labute approximate surface area is 110 Å². The molecule has 0 spiro atoms. The smallest absolute Gasteiger partial charge is 0.303 e. The lowest BCUT2D eigenvalue weighted by atomic mass is 9.91. The zero-order chi connectivity index (χ0) is 14.3. The van der Waals surface area contributed by atoms with Crippen molar-refractivity contribution in [1.82, 2.24) is 9.97 Å². The van der Waals surface area contributed by atoms with Gasteiger partial charge in [-0.25, -0.2) is 9.37 Å². The summed E-state index contributed by atoms with van der Waals surface area (Å²) < 4.78 is 12.2. The maximum absolute atomic E-state index is 12.2. The van der Waals surface area contributed by atoms with Gasteiger partial charge in [-0.05, 0) is 11.8 Å². The highest BCUT2D eigenvalue weighted by Crippen LogP contribution is 2.19. The highest BCUT2D eigenvalue weighted by Gasteiger charge is 2.11. The van der Waals surface area contributed by atoms with Crippen LogP contribution in [0.5, 0.6) is 0 Å². The van der Waals surface area contributed by atoms with E-state index in [2.05, 4.69) is 9.97 Å². The van der Waals surface area contributed by atoms with Crippen LogP contribution in [0.4, 0.5) is 10.3 Å². The second-order valence-electron chi connectivity index (χ2n) is 4.82. The minimum absolute atomic E-state index is 0.0265. The van der Waals surface area contributed by atoms with Crippen molar-refractivity contribution in [2.24, 2.45) is 5.41 Å². The second-order valence-corrected chi connectivity index (χ2v) is 5.18. The topological polar surface area (TPSA) is 89.1 Å². The first-order chi connectivity index (χ1) is 8.11. The number of nitrogens with two attached hydrogens (primary N) is 1. The van der Waals surface area contributed by atoms with Crippen LogP contribution in [0.15, 0.2) is 6.20 Å². The van der Waals surface area contributed by atoms with Crippen molar-refractivity contribution in [3.05, 3.63) is 17.2 Å². The van der Waals surface area contributed by atoms with Gasteiger partial charge in [-0.3, -0.25) is 4.79 Å². The van der Waals surface area contributed by atoms with Crippen molar-refractivity contribution < 1.29 is 14.3 Å². The van der Waals surface area contributed by atoms with Crippen molar-refractivity contribution >= 4 is 23.5 Å². The molecule has 1 aromatic heterocycles. The Morgan fingerprint density at radius 2 is 2.11 bits per heavy atom. The van der Waals surface area contributed by atoms with E-state index in [1.807, 2.05) is 20.8 Å². The molecule has 0 unspecified atom stereocenters. The molecule has 1 rings (SSSR count). The Bertz CT molecular complexity index is 408. The number of rotatable bonds is 2. The molecule has 0 aliphatic rings. The van der Waals surface area contributed by atoms with Gasteiger partial charge >= 0.3 is 5.97 Å². The van der Waals surface area contributed by atoms with Crippen LogP contribution in [0.3, 0.4) is 0 Å². The van der Waals surface area contributed by atoms with Crippen LogP contribution < -0.4 is 5.73 Å². The van der Waals surface area contributed by atoms with Crippen LogP contribution in [-0.4, -0.2) is 21.0 Å². The van der Waals surface area contributed by atoms with E-state index in [0.29, 0.717) is 0 Å². The SMILES string of the molecule is CC(C)(C)CCC(=O)O.Nc1ncc(F)c(Cl)n1. The van der Waals surface area contributed by atoms with E-state index in [9.17, 15) is 9.18 Å². The van der Waals surface area contributed by atoms with E-state index >= 15 is 0 Å². The Balaban J connectivity index is 0.000000321. The summed E-state index contributed by atoms with van der Waals surface area (Å²) in [4.78, 5) is 16.7. The molecule has 5 nitrogen and oxygen atoms in total. The van der Waals surface area contributed by atoms with Gasteiger partial charge in [0.15, 0.2) is 11.0 Å². The quantitative estimate of drug-likeness (QED) is 0.811.